The van der Waals surface area contributed by atoms with Crippen molar-refractivity contribution in [3.8, 4) is 0 Å². The summed E-state index contributed by atoms with van der Waals surface area (Å²) in [6, 6.07) is 5.99. The molecule has 1 heterocycles. The molecule has 6 heteroatoms. The Kier molecular flexibility index (Phi) is 6.02. The monoisotopic (exact) mass is 347 g/mol. The second kappa shape index (κ2) is 8.43. The largest absolute Gasteiger partial charge is 0.335 e. The molecule has 1 aliphatic carbocycles. The van der Waals surface area contributed by atoms with E-state index in [1.54, 1.807) is 0 Å². The predicted octanol–water partition coefficient (Wildman–Crippen LogP) is 2.67. The van der Waals surface area contributed by atoms with Crippen LogP contribution >= 0.6 is 0 Å². The maximum absolute atomic E-state index is 12.9. The van der Waals surface area contributed by atoms with Crippen LogP contribution in [0.4, 0.5) is 9.18 Å². The lowest BCUT2D eigenvalue weighted by Crippen LogP contribution is -2.54. The molecule has 0 bridgehead atoms. The van der Waals surface area contributed by atoms with Crippen molar-refractivity contribution < 1.29 is 14.0 Å². The first kappa shape index (κ1) is 17.9. The van der Waals surface area contributed by atoms with Gasteiger partial charge >= 0.3 is 6.03 Å². The van der Waals surface area contributed by atoms with E-state index in [0.29, 0.717) is 44.3 Å². The van der Waals surface area contributed by atoms with E-state index >= 15 is 0 Å². The third kappa shape index (κ3) is 5.01. The average molecular weight is 347 g/mol. The molecule has 2 amide bonds. The summed E-state index contributed by atoms with van der Waals surface area (Å²) in [5.74, 6) is -0.353. The van der Waals surface area contributed by atoms with Crippen LogP contribution in [0.5, 0.6) is 0 Å². The first-order valence-corrected chi connectivity index (χ1v) is 9.18. The zero-order chi connectivity index (χ0) is 17.6. The number of rotatable bonds is 4. The average Bonchev–Trinajstić information content (AvgIpc) is 2.63. The van der Waals surface area contributed by atoms with Gasteiger partial charge in [-0.05, 0) is 37.1 Å². The molecule has 1 aromatic rings. The van der Waals surface area contributed by atoms with Gasteiger partial charge in [0.05, 0.1) is 6.54 Å². The number of benzene rings is 1. The number of Topliss-reactive ketones (excluding diaryl/α,β-unsaturated/α-hetero) is 1. The van der Waals surface area contributed by atoms with Crippen molar-refractivity contribution >= 4 is 11.8 Å². The van der Waals surface area contributed by atoms with Crippen LogP contribution < -0.4 is 5.32 Å². The Bertz CT molecular complexity index is 591. The lowest BCUT2D eigenvalue weighted by atomic mass is 9.96. The van der Waals surface area contributed by atoms with Gasteiger partial charge in [0.2, 0.25) is 0 Å². The molecule has 2 aliphatic rings. The molecule has 1 aliphatic heterocycles. The maximum Gasteiger partial charge on any atom is 0.317 e. The predicted molar refractivity (Wildman–Crippen MR) is 94.1 cm³/mol. The van der Waals surface area contributed by atoms with E-state index in [1.807, 2.05) is 4.90 Å². The number of halogens is 1. The summed E-state index contributed by atoms with van der Waals surface area (Å²) >= 11 is 0. The van der Waals surface area contributed by atoms with Crippen LogP contribution in [-0.2, 0) is 0 Å². The van der Waals surface area contributed by atoms with Gasteiger partial charge in [0, 0.05) is 37.8 Å². The fourth-order valence-electron chi connectivity index (χ4n) is 3.55. The highest BCUT2D eigenvalue weighted by Crippen LogP contribution is 2.17. The molecular formula is C19H26FN3O2. The van der Waals surface area contributed by atoms with Gasteiger partial charge in [0.1, 0.15) is 5.82 Å². The molecule has 5 nitrogen and oxygen atoms in total. The van der Waals surface area contributed by atoms with Gasteiger partial charge in [-0.2, -0.15) is 0 Å². The van der Waals surface area contributed by atoms with Crippen molar-refractivity contribution in [2.45, 2.75) is 38.1 Å². The molecule has 0 atom stereocenters. The van der Waals surface area contributed by atoms with Crippen LogP contribution in [0.3, 0.4) is 0 Å². The minimum atomic E-state index is -0.339. The van der Waals surface area contributed by atoms with E-state index in [4.69, 9.17) is 0 Å². The number of ketones is 1. The summed E-state index contributed by atoms with van der Waals surface area (Å²) < 4.78 is 12.9. The fourth-order valence-corrected chi connectivity index (χ4v) is 3.55. The van der Waals surface area contributed by atoms with Crippen LogP contribution in [0.15, 0.2) is 24.3 Å². The number of amides is 2. The molecule has 25 heavy (non-hydrogen) atoms. The number of piperazine rings is 1. The first-order chi connectivity index (χ1) is 12.1. The highest BCUT2D eigenvalue weighted by atomic mass is 19.1. The molecule has 1 saturated heterocycles. The summed E-state index contributed by atoms with van der Waals surface area (Å²) in [6.07, 6.45) is 5.83. The second-order valence-electron chi connectivity index (χ2n) is 6.98. The molecule has 1 saturated carbocycles. The number of nitrogens with one attached hydrogen (secondary N) is 1. The summed E-state index contributed by atoms with van der Waals surface area (Å²) in [5.41, 5.74) is 0.527. The first-order valence-electron chi connectivity index (χ1n) is 9.18. The van der Waals surface area contributed by atoms with Crippen LogP contribution in [0.25, 0.3) is 0 Å². The standard InChI is InChI=1S/C19H26FN3O2/c20-16-8-6-15(7-9-16)18(24)14-22-10-12-23(13-11-22)19(25)21-17-4-2-1-3-5-17/h6-9,17H,1-5,10-14H2,(H,21,25). The molecular weight excluding hydrogens is 321 g/mol. The van der Waals surface area contributed by atoms with Crippen LogP contribution in [0.2, 0.25) is 0 Å². The molecule has 0 unspecified atom stereocenters. The third-order valence-corrected chi connectivity index (χ3v) is 5.13. The Morgan fingerprint density at radius 1 is 1.00 bits per heavy atom. The molecule has 0 aromatic heterocycles. The van der Waals surface area contributed by atoms with Crippen molar-refractivity contribution in [3.05, 3.63) is 35.6 Å². The fraction of sp³-hybridized carbons (Fsp3) is 0.579. The molecule has 1 N–H and O–H groups in total. The number of nitrogens with zero attached hydrogens (tertiary/aromatic N) is 2. The van der Waals surface area contributed by atoms with Crippen LogP contribution in [0, 0.1) is 5.82 Å². The summed E-state index contributed by atoms with van der Waals surface area (Å²) in [5, 5.41) is 3.14. The molecule has 3 rings (SSSR count). The number of hydrogen-bond donors (Lipinski definition) is 1. The van der Waals surface area contributed by atoms with Crippen molar-refractivity contribution in [2.75, 3.05) is 32.7 Å². The van der Waals surface area contributed by atoms with Gasteiger partial charge < -0.3 is 10.2 Å². The normalized spacial score (nSPS) is 19.6. The summed E-state index contributed by atoms with van der Waals surface area (Å²) in [4.78, 5) is 28.5. The SMILES string of the molecule is O=C(CN1CCN(C(=O)NC2CCCCC2)CC1)c1ccc(F)cc1. The third-order valence-electron chi connectivity index (χ3n) is 5.13. The van der Waals surface area contributed by atoms with Gasteiger partial charge in [0.25, 0.3) is 0 Å². The van der Waals surface area contributed by atoms with E-state index in [-0.39, 0.29) is 17.6 Å². The Morgan fingerprint density at radius 2 is 1.64 bits per heavy atom. The van der Waals surface area contributed by atoms with Crippen LogP contribution in [-0.4, -0.2) is 60.4 Å². The van der Waals surface area contributed by atoms with Crippen molar-refractivity contribution in [1.82, 2.24) is 15.1 Å². The highest BCUT2D eigenvalue weighted by Gasteiger charge is 2.24. The highest BCUT2D eigenvalue weighted by molar-refractivity contribution is 5.97. The summed E-state index contributed by atoms with van der Waals surface area (Å²) in [7, 11) is 0. The summed E-state index contributed by atoms with van der Waals surface area (Å²) in [6.45, 7) is 2.95. The number of hydrogen-bond acceptors (Lipinski definition) is 3. The smallest absolute Gasteiger partial charge is 0.317 e. The lowest BCUT2D eigenvalue weighted by molar-refractivity contribution is 0.0876. The molecule has 0 radical (unpaired) electrons. The van der Waals surface area contributed by atoms with Crippen LogP contribution in [0.1, 0.15) is 42.5 Å². The van der Waals surface area contributed by atoms with E-state index in [1.165, 1.54) is 43.5 Å². The van der Waals surface area contributed by atoms with Gasteiger partial charge in [0.15, 0.2) is 5.78 Å². The Morgan fingerprint density at radius 3 is 2.28 bits per heavy atom. The Balaban J connectivity index is 1.42. The van der Waals surface area contributed by atoms with Crippen molar-refractivity contribution in [2.24, 2.45) is 0 Å². The van der Waals surface area contributed by atoms with Gasteiger partial charge in [-0.25, -0.2) is 9.18 Å². The van der Waals surface area contributed by atoms with E-state index in [0.717, 1.165) is 12.8 Å². The maximum atomic E-state index is 12.9. The quantitative estimate of drug-likeness (QED) is 0.852. The van der Waals surface area contributed by atoms with Crippen molar-refractivity contribution in [3.63, 3.8) is 0 Å². The van der Waals surface area contributed by atoms with E-state index < -0.39 is 0 Å². The van der Waals surface area contributed by atoms with Gasteiger partial charge in [-0.3, -0.25) is 9.69 Å². The molecule has 1 aromatic carbocycles. The zero-order valence-corrected chi connectivity index (χ0v) is 14.5. The molecule has 136 valence electrons. The van der Waals surface area contributed by atoms with Crippen molar-refractivity contribution in [1.29, 1.82) is 0 Å². The minimum absolute atomic E-state index is 0.0138. The topological polar surface area (TPSA) is 52.7 Å². The lowest BCUT2D eigenvalue weighted by Gasteiger charge is -2.35. The number of carbonyl (C=O) groups is 2. The zero-order valence-electron chi connectivity index (χ0n) is 14.5. The molecule has 0 spiro atoms. The van der Waals surface area contributed by atoms with Gasteiger partial charge in [-0.15, -0.1) is 0 Å². The number of carbonyl (C=O) groups excluding carboxylic acids is 2. The molecule has 2 fully saturated rings. The number of urea groups is 1. The van der Waals surface area contributed by atoms with E-state index in [9.17, 15) is 14.0 Å². The Hall–Kier alpha value is -1.95. The Labute approximate surface area is 148 Å². The second-order valence-corrected chi connectivity index (χ2v) is 6.98. The minimum Gasteiger partial charge on any atom is -0.335 e. The van der Waals surface area contributed by atoms with Gasteiger partial charge in [-0.1, -0.05) is 19.3 Å². The van der Waals surface area contributed by atoms with E-state index in [2.05, 4.69) is 10.2 Å².